The quantitative estimate of drug-likeness (QED) is 0.582. The minimum Gasteiger partial charge on any atom is -0.372 e. The van der Waals surface area contributed by atoms with Gasteiger partial charge in [0.1, 0.15) is 10.5 Å². The molecule has 0 amide bonds. The molecule has 0 spiro atoms. The van der Waals surface area contributed by atoms with Gasteiger partial charge in [-0.15, -0.1) is 0 Å². The Bertz CT molecular complexity index is 293. The molecule has 1 heterocycles. The molecule has 0 radical (unpaired) electrons. The van der Waals surface area contributed by atoms with Crippen LogP contribution < -0.4 is 11.1 Å². The Balaban J connectivity index is 2.99. The van der Waals surface area contributed by atoms with Crippen LogP contribution >= 0.6 is 12.2 Å². The van der Waals surface area contributed by atoms with E-state index in [1.165, 1.54) is 0 Å². The van der Waals surface area contributed by atoms with Crippen LogP contribution in [0.4, 0.5) is 11.8 Å². The maximum Gasteiger partial charge on any atom is 0.200 e. The summed E-state index contributed by atoms with van der Waals surface area (Å²) in [6.45, 7) is 2.82. The Morgan fingerprint density at radius 3 is 3.09 bits per heavy atom. The molecule has 0 atom stereocenters. The number of hydrogen-bond donors (Lipinski definition) is 3. The lowest BCUT2D eigenvalue weighted by molar-refractivity contribution is 1.11. The lowest BCUT2D eigenvalue weighted by Crippen LogP contribution is -2.02. The van der Waals surface area contributed by atoms with E-state index in [1.807, 2.05) is 6.92 Å². The molecule has 0 bridgehead atoms. The summed E-state index contributed by atoms with van der Waals surface area (Å²) in [7, 11) is 0. The molecule has 11 heavy (non-hydrogen) atoms. The normalized spacial score (nSPS) is 9.55. The highest BCUT2D eigenvalue weighted by Crippen LogP contribution is 2.03. The van der Waals surface area contributed by atoms with Gasteiger partial charge in [-0.1, -0.05) is 12.2 Å². The first-order chi connectivity index (χ1) is 5.22. The average Bonchev–Trinajstić information content (AvgIpc) is 1.85. The SMILES string of the molecule is CCNc1cc(=S)nc(N)[nH]1. The van der Waals surface area contributed by atoms with E-state index in [4.69, 9.17) is 18.0 Å². The van der Waals surface area contributed by atoms with Crippen LogP contribution in [0.25, 0.3) is 0 Å². The van der Waals surface area contributed by atoms with Crippen LogP contribution in [0.15, 0.2) is 6.07 Å². The molecule has 0 saturated carbocycles. The summed E-state index contributed by atoms with van der Waals surface area (Å²) in [4.78, 5) is 6.65. The monoisotopic (exact) mass is 170 g/mol. The van der Waals surface area contributed by atoms with E-state index in [-0.39, 0.29) is 0 Å². The number of aromatic nitrogens is 2. The van der Waals surface area contributed by atoms with E-state index in [2.05, 4.69) is 15.3 Å². The van der Waals surface area contributed by atoms with E-state index in [0.717, 1.165) is 12.4 Å². The van der Waals surface area contributed by atoms with E-state index in [9.17, 15) is 0 Å². The molecule has 0 aliphatic heterocycles. The predicted molar refractivity (Wildman–Crippen MR) is 48.0 cm³/mol. The molecule has 1 aromatic rings. The fourth-order valence-electron chi connectivity index (χ4n) is 0.762. The average molecular weight is 170 g/mol. The number of nitrogens with one attached hydrogen (secondary N) is 2. The van der Waals surface area contributed by atoms with Crippen molar-refractivity contribution in [1.29, 1.82) is 0 Å². The summed E-state index contributed by atoms with van der Waals surface area (Å²) >= 11 is 4.85. The zero-order chi connectivity index (χ0) is 8.27. The largest absolute Gasteiger partial charge is 0.372 e. The summed E-state index contributed by atoms with van der Waals surface area (Å²) < 4.78 is 0.497. The van der Waals surface area contributed by atoms with Crippen molar-refractivity contribution in [2.75, 3.05) is 17.6 Å². The summed E-state index contributed by atoms with van der Waals surface area (Å²) in [5, 5.41) is 3.05. The molecule has 5 heteroatoms. The third kappa shape index (κ3) is 2.19. The van der Waals surface area contributed by atoms with Gasteiger partial charge in [0.25, 0.3) is 0 Å². The van der Waals surface area contributed by atoms with Crippen molar-refractivity contribution in [2.24, 2.45) is 0 Å². The highest BCUT2D eigenvalue weighted by Gasteiger charge is 1.91. The van der Waals surface area contributed by atoms with Crippen LogP contribution in [0, 0.1) is 4.64 Å². The molecule has 0 fully saturated rings. The Hall–Kier alpha value is -1.10. The first-order valence-electron chi connectivity index (χ1n) is 3.33. The van der Waals surface area contributed by atoms with Gasteiger partial charge in [-0.2, -0.15) is 0 Å². The van der Waals surface area contributed by atoms with Crippen molar-refractivity contribution in [1.82, 2.24) is 9.97 Å². The summed E-state index contributed by atoms with van der Waals surface area (Å²) in [6, 6.07) is 1.73. The number of hydrogen-bond acceptors (Lipinski definition) is 4. The minimum absolute atomic E-state index is 0.341. The Morgan fingerprint density at radius 1 is 1.82 bits per heavy atom. The van der Waals surface area contributed by atoms with E-state index < -0.39 is 0 Å². The molecular formula is C6H10N4S. The van der Waals surface area contributed by atoms with Crippen molar-refractivity contribution in [3.63, 3.8) is 0 Å². The molecule has 4 nitrogen and oxygen atoms in total. The smallest absolute Gasteiger partial charge is 0.200 e. The van der Waals surface area contributed by atoms with Gasteiger partial charge in [-0.3, -0.25) is 0 Å². The van der Waals surface area contributed by atoms with Gasteiger partial charge in [-0.25, -0.2) is 4.98 Å². The number of anilines is 2. The van der Waals surface area contributed by atoms with Crippen molar-refractivity contribution in [2.45, 2.75) is 6.92 Å². The second-order valence-corrected chi connectivity index (χ2v) is 2.47. The summed E-state index contributed by atoms with van der Waals surface area (Å²) in [6.07, 6.45) is 0. The van der Waals surface area contributed by atoms with Crippen molar-refractivity contribution in [3.05, 3.63) is 10.7 Å². The second kappa shape index (κ2) is 3.34. The molecule has 1 rings (SSSR count). The van der Waals surface area contributed by atoms with E-state index >= 15 is 0 Å². The van der Waals surface area contributed by atoms with Gasteiger partial charge in [0.05, 0.1) is 0 Å². The number of H-pyrrole nitrogens is 1. The Labute approximate surface area is 69.8 Å². The summed E-state index contributed by atoms with van der Waals surface area (Å²) in [5.74, 6) is 1.15. The highest BCUT2D eigenvalue weighted by atomic mass is 32.1. The maximum absolute atomic E-state index is 5.42. The van der Waals surface area contributed by atoms with Crippen molar-refractivity contribution in [3.8, 4) is 0 Å². The zero-order valence-corrected chi connectivity index (χ0v) is 7.03. The Kier molecular flexibility index (Phi) is 2.43. The molecule has 0 aromatic carbocycles. The van der Waals surface area contributed by atoms with Crippen LogP contribution in [0.2, 0.25) is 0 Å². The molecule has 1 aromatic heterocycles. The van der Waals surface area contributed by atoms with Gasteiger partial charge < -0.3 is 16.0 Å². The third-order valence-electron chi connectivity index (χ3n) is 1.13. The van der Waals surface area contributed by atoms with E-state index in [0.29, 0.717) is 10.6 Å². The van der Waals surface area contributed by atoms with Gasteiger partial charge in [0.15, 0.2) is 5.95 Å². The van der Waals surface area contributed by atoms with Crippen molar-refractivity contribution < 1.29 is 0 Å². The lowest BCUT2D eigenvalue weighted by atomic mass is 10.5. The number of nitrogens with two attached hydrogens (primary N) is 1. The molecule has 0 aliphatic carbocycles. The second-order valence-electron chi connectivity index (χ2n) is 2.05. The number of nitrogens with zero attached hydrogens (tertiary/aromatic N) is 1. The molecule has 0 saturated heterocycles. The highest BCUT2D eigenvalue weighted by molar-refractivity contribution is 7.71. The lowest BCUT2D eigenvalue weighted by Gasteiger charge is -2.02. The summed E-state index contributed by atoms with van der Waals surface area (Å²) in [5.41, 5.74) is 5.42. The first kappa shape index (κ1) is 8.00. The zero-order valence-electron chi connectivity index (χ0n) is 6.22. The molecule has 0 aliphatic rings. The number of rotatable bonds is 2. The van der Waals surface area contributed by atoms with Crippen LogP contribution in [0.1, 0.15) is 6.92 Å². The third-order valence-corrected chi connectivity index (χ3v) is 1.34. The molecule has 0 unspecified atom stereocenters. The molecular weight excluding hydrogens is 160 g/mol. The first-order valence-corrected chi connectivity index (χ1v) is 3.74. The van der Waals surface area contributed by atoms with Gasteiger partial charge in [0.2, 0.25) is 0 Å². The fraction of sp³-hybridized carbons (Fsp3) is 0.333. The van der Waals surface area contributed by atoms with Gasteiger partial charge >= 0.3 is 0 Å². The topological polar surface area (TPSA) is 66.7 Å². The molecule has 60 valence electrons. The van der Waals surface area contributed by atoms with Crippen LogP contribution in [-0.2, 0) is 0 Å². The van der Waals surface area contributed by atoms with Crippen molar-refractivity contribution >= 4 is 24.0 Å². The number of nitrogen functional groups attached to an aromatic ring is 1. The molecule has 4 N–H and O–H groups in total. The Morgan fingerprint density at radius 2 is 2.55 bits per heavy atom. The van der Waals surface area contributed by atoms with Gasteiger partial charge in [-0.05, 0) is 6.92 Å². The maximum atomic E-state index is 5.42. The van der Waals surface area contributed by atoms with Crippen LogP contribution in [0.5, 0.6) is 0 Å². The number of aromatic amines is 1. The standard InChI is InChI=1S/C6H10N4S/c1-2-8-4-3-5(11)10-6(7)9-4/h3H,2H2,1H3,(H4,7,8,9,10,11). The van der Waals surface area contributed by atoms with Crippen LogP contribution in [0.3, 0.4) is 0 Å². The predicted octanol–water partition coefficient (Wildman–Crippen LogP) is 1.15. The minimum atomic E-state index is 0.341. The van der Waals surface area contributed by atoms with Crippen LogP contribution in [-0.4, -0.2) is 16.5 Å². The van der Waals surface area contributed by atoms with Gasteiger partial charge in [0, 0.05) is 12.6 Å². The fourth-order valence-corrected chi connectivity index (χ4v) is 0.978. The van der Waals surface area contributed by atoms with E-state index in [1.54, 1.807) is 6.07 Å².